The van der Waals surface area contributed by atoms with Gasteiger partial charge < -0.3 is 4.74 Å². The molecule has 5 nitrogen and oxygen atoms in total. The van der Waals surface area contributed by atoms with Crippen molar-refractivity contribution in [3.8, 4) is 5.75 Å². The van der Waals surface area contributed by atoms with E-state index in [0.29, 0.717) is 5.92 Å². The summed E-state index contributed by atoms with van der Waals surface area (Å²) >= 11 is 0. The Labute approximate surface area is 121 Å². The van der Waals surface area contributed by atoms with Gasteiger partial charge in [-0.05, 0) is 31.1 Å². The van der Waals surface area contributed by atoms with Crippen molar-refractivity contribution in [1.82, 2.24) is 15.2 Å². The molecule has 20 heavy (non-hydrogen) atoms. The zero-order valence-corrected chi connectivity index (χ0v) is 12.9. The standard InChI is InChI=1S/C15H28N4O/c1-4-8-19-15(13(20-3)10-17-19)14(18-16)12-7-6-11(5-2)9-12/h10-12,14,18H,4-9,16H2,1-3H3. The van der Waals surface area contributed by atoms with Crippen LogP contribution in [0.4, 0.5) is 0 Å². The van der Waals surface area contributed by atoms with E-state index in [1.807, 2.05) is 10.9 Å². The van der Waals surface area contributed by atoms with Crippen molar-refractivity contribution < 1.29 is 4.74 Å². The fourth-order valence-corrected chi connectivity index (χ4v) is 3.46. The fourth-order valence-electron chi connectivity index (χ4n) is 3.46. The second kappa shape index (κ2) is 7.09. The second-order valence-electron chi connectivity index (χ2n) is 5.81. The lowest BCUT2D eigenvalue weighted by atomic mass is 9.93. The molecule has 0 radical (unpaired) electrons. The molecular formula is C15H28N4O. The molecule has 0 saturated heterocycles. The molecular weight excluding hydrogens is 252 g/mol. The van der Waals surface area contributed by atoms with Crippen LogP contribution in [0.15, 0.2) is 6.20 Å². The van der Waals surface area contributed by atoms with Crippen LogP contribution < -0.4 is 16.0 Å². The van der Waals surface area contributed by atoms with Crippen LogP contribution in [0, 0.1) is 11.8 Å². The van der Waals surface area contributed by atoms with E-state index in [-0.39, 0.29) is 6.04 Å². The highest BCUT2D eigenvalue weighted by atomic mass is 16.5. The van der Waals surface area contributed by atoms with E-state index in [2.05, 4.69) is 24.4 Å². The van der Waals surface area contributed by atoms with Gasteiger partial charge >= 0.3 is 0 Å². The van der Waals surface area contributed by atoms with E-state index >= 15 is 0 Å². The van der Waals surface area contributed by atoms with E-state index in [4.69, 9.17) is 10.6 Å². The molecule has 1 aliphatic rings. The number of hydrogen-bond acceptors (Lipinski definition) is 4. The highest BCUT2D eigenvalue weighted by Gasteiger charge is 2.34. The monoisotopic (exact) mass is 280 g/mol. The molecule has 5 heteroatoms. The van der Waals surface area contributed by atoms with Gasteiger partial charge in [0, 0.05) is 6.54 Å². The number of nitrogens with two attached hydrogens (primary N) is 1. The Bertz CT molecular complexity index is 418. The van der Waals surface area contributed by atoms with E-state index in [9.17, 15) is 0 Å². The van der Waals surface area contributed by atoms with Crippen LogP contribution in [-0.2, 0) is 6.54 Å². The van der Waals surface area contributed by atoms with Crippen molar-refractivity contribution in [2.45, 2.75) is 58.5 Å². The predicted octanol–water partition coefficient (Wildman–Crippen LogP) is 2.63. The molecule has 3 unspecified atom stereocenters. The Hall–Kier alpha value is -1.07. The molecule has 0 bridgehead atoms. The van der Waals surface area contributed by atoms with Crippen molar-refractivity contribution in [2.75, 3.05) is 7.11 Å². The summed E-state index contributed by atoms with van der Waals surface area (Å²) in [5.41, 5.74) is 4.13. The third-order valence-corrected chi connectivity index (χ3v) is 4.60. The number of methoxy groups -OCH3 is 1. The molecule has 0 spiro atoms. The minimum atomic E-state index is 0.135. The smallest absolute Gasteiger partial charge is 0.161 e. The number of hydrazine groups is 1. The van der Waals surface area contributed by atoms with Gasteiger partial charge in [0.1, 0.15) is 0 Å². The van der Waals surface area contributed by atoms with Crippen LogP contribution in [0.2, 0.25) is 0 Å². The van der Waals surface area contributed by atoms with Crippen molar-refractivity contribution >= 4 is 0 Å². The number of aromatic nitrogens is 2. The molecule has 1 aliphatic carbocycles. The first-order valence-corrected chi connectivity index (χ1v) is 7.80. The van der Waals surface area contributed by atoms with Gasteiger partial charge in [-0.25, -0.2) is 0 Å². The van der Waals surface area contributed by atoms with Crippen molar-refractivity contribution in [3.05, 3.63) is 11.9 Å². The minimum absolute atomic E-state index is 0.135. The summed E-state index contributed by atoms with van der Waals surface area (Å²) in [6.07, 6.45) is 7.90. The average molecular weight is 280 g/mol. The Morgan fingerprint density at radius 3 is 2.85 bits per heavy atom. The number of nitrogens with zero attached hydrogens (tertiary/aromatic N) is 2. The molecule has 3 atom stereocenters. The van der Waals surface area contributed by atoms with Crippen molar-refractivity contribution in [1.29, 1.82) is 0 Å². The predicted molar refractivity (Wildman–Crippen MR) is 80.3 cm³/mol. The normalized spacial score (nSPS) is 24.0. The van der Waals surface area contributed by atoms with Gasteiger partial charge in [-0.1, -0.05) is 26.7 Å². The topological polar surface area (TPSA) is 65.1 Å². The molecule has 0 aliphatic heterocycles. The van der Waals surface area contributed by atoms with Gasteiger partial charge in [-0.15, -0.1) is 0 Å². The van der Waals surface area contributed by atoms with Crippen LogP contribution in [0.3, 0.4) is 0 Å². The summed E-state index contributed by atoms with van der Waals surface area (Å²) in [5.74, 6) is 8.13. The molecule has 1 aromatic rings. The quantitative estimate of drug-likeness (QED) is 0.595. The van der Waals surface area contributed by atoms with Crippen molar-refractivity contribution in [3.63, 3.8) is 0 Å². The van der Waals surface area contributed by atoms with Crippen molar-refractivity contribution in [2.24, 2.45) is 17.7 Å². The minimum Gasteiger partial charge on any atom is -0.493 e. The highest BCUT2D eigenvalue weighted by Crippen LogP contribution is 2.42. The van der Waals surface area contributed by atoms with E-state index in [0.717, 1.165) is 30.3 Å². The molecule has 3 N–H and O–H groups in total. The maximum Gasteiger partial charge on any atom is 0.161 e. The highest BCUT2D eigenvalue weighted by molar-refractivity contribution is 5.29. The molecule has 0 amide bonds. The van der Waals surface area contributed by atoms with E-state index in [1.54, 1.807) is 7.11 Å². The summed E-state index contributed by atoms with van der Waals surface area (Å²) in [6.45, 7) is 5.34. The van der Waals surface area contributed by atoms with Crippen LogP contribution in [-0.4, -0.2) is 16.9 Å². The number of rotatable bonds is 7. The molecule has 1 fully saturated rings. The van der Waals surface area contributed by atoms with Crippen LogP contribution in [0.1, 0.15) is 57.7 Å². The van der Waals surface area contributed by atoms with E-state index in [1.165, 1.54) is 25.7 Å². The summed E-state index contributed by atoms with van der Waals surface area (Å²) in [5, 5.41) is 4.45. The lowest BCUT2D eigenvalue weighted by Crippen LogP contribution is -2.34. The first kappa shape index (κ1) is 15.3. The zero-order valence-electron chi connectivity index (χ0n) is 12.9. The molecule has 1 aromatic heterocycles. The Kier molecular flexibility index (Phi) is 5.43. The third kappa shape index (κ3) is 2.99. The van der Waals surface area contributed by atoms with Gasteiger partial charge in [0.15, 0.2) is 5.75 Å². The second-order valence-corrected chi connectivity index (χ2v) is 5.81. The third-order valence-electron chi connectivity index (χ3n) is 4.60. The Morgan fingerprint density at radius 2 is 2.30 bits per heavy atom. The summed E-state index contributed by atoms with van der Waals surface area (Å²) in [7, 11) is 1.70. The van der Waals surface area contributed by atoms with Gasteiger partial charge in [0.2, 0.25) is 0 Å². The molecule has 114 valence electrons. The van der Waals surface area contributed by atoms with Gasteiger partial charge in [0.25, 0.3) is 0 Å². The van der Waals surface area contributed by atoms with Gasteiger partial charge in [-0.2, -0.15) is 5.10 Å². The van der Waals surface area contributed by atoms with Gasteiger partial charge in [-0.3, -0.25) is 16.0 Å². The summed E-state index contributed by atoms with van der Waals surface area (Å²) in [4.78, 5) is 0. The number of aryl methyl sites for hydroxylation is 1. The lowest BCUT2D eigenvalue weighted by Gasteiger charge is -2.25. The first-order valence-electron chi connectivity index (χ1n) is 7.80. The fraction of sp³-hybridized carbons (Fsp3) is 0.800. The summed E-state index contributed by atoms with van der Waals surface area (Å²) in [6, 6.07) is 0.135. The maximum atomic E-state index is 5.87. The number of ether oxygens (including phenoxy) is 1. The van der Waals surface area contributed by atoms with Crippen LogP contribution >= 0.6 is 0 Å². The Balaban J connectivity index is 2.24. The van der Waals surface area contributed by atoms with Crippen LogP contribution in [0.25, 0.3) is 0 Å². The summed E-state index contributed by atoms with van der Waals surface area (Å²) < 4.78 is 7.53. The SMILES string of the molecule is CCCn1ncc(OC)c1C(NN)C1CCC(CC)C1. The first-order chi connectivity index (χ1) is 9.74. The largest absolute Gasteiger partial charge is 0.493 e. The number of hydrogen-bond donors (Lipinski definition) is 2. The number of nitrogens with one attached hydrogen (secondary N) is 1. The average Bonchev–Trinajstić information content (AvgIpc) is 3.08. The molecule has 0 aromatic carbocycles. The van der Waals surface area contributed by atoms with Crippen LogP contribution in [0.5, 0.6) is 5.75 Å². The lowest BCUT2D eigenvalue weighted by molar-refractivity contribution is 0.320. The molecule has 2 rings (SSSR count). The van der Waals surface area contributed by atoms with E-state index < -0.39 is 0 Å². The maximum absolute atomic E-state index is 5.87. The molecule has 1 saturated carbocycles. The van der Waals surface area contributed by atoms with Gasteiger partial charge in [0.05, 0.1) is 25.0 Å². The zero-order chi connectivity index (χ0) is 14.5. The Morgan fingerprint density at radius 1 is 1.50 bits per heavy atom. The molecule has 1 heterocycles.